The summed E-state index contributed by atoms with van der Waals surface area (Å²) in [5, 5.41) is 3.98. The van der Waals surface area contributed by atoms with Crippen LogP contribution < -0.4 is 5.32 Å². The van der Waals surface area contributed by atoms with E-state index in [1.54, 1.807) is 6.20 Å². The summed E-state index contributed by atoms with van der Waals surface area (Å²) in [6.07, 6.45) is 5.59. The number of esters is 1. The molecule has 1 aromatic rings. The van der Waals surface area contributed by atoms with Gasteiger partial charge in [0.15, 0.2) is 0 Å². The van der Waals surface area contributed by atoms with Gasteiger partial charge in [-0.1, -0.05) is 18.0 Å². The molecule has 1 saturated carbocycles. The van der Waals surface area contributed by atoms with Crippen molar-refractivity contribution >= 4 is 23.3 Å². The minimum absolute atomic E-state index is 0.0163. The molecule has 20 heavy (non-hydrogen) atoms. The molecule has 1 aliphatic carbocycles. The van der Waals surface area contributed by atoms with E-state index in [9.17, 15) is 4.79 Å². The Kier molecular flexibility index (Phi) is 5.24. The maximum absolute atomic E-state index is 11.8. The van der Waals surface area contributed by atoms with E-state index in [1.165, 1.54) is 0 Å². The number of hydrogen-bond acceptors (Lipinski definition) is 4. The molecule has 1 aromatic heterocycles. The maximum atomic E-state index is 11.8. The minimum atomic E-state index is -0.0654. The summed E-state index contributed by atoms with van der Waals surface area (Å²) in [5.74, 6) is -0.0491. The summed E-state index contributed by atoms with van der Waals surface area (Å²) >= 11 is 5.92. The van der Waals surface area contributed by atoms with Crippen molar-refractivity contribution in [3.8, 4) is 0 Å². The number of hydrogen-bond donors (Lipinski definition) is 1. The van der Waals surface area contributed by atoms with E-state index in [-0.39, 0.29) is 11.9 Å². The van der Waals surface area contributed by atoms with Gasteiger partial charge in [0.2, 0.25) is 0 Å². The van der Waals surface area contributed by atoms with Crippen molar-refractivity contribution in [2.24, 2.45) is 5.92 Å². The highest BCUT2D eigenvalue weighted by Gasteiger charge is 2.28. The van der Waals surface area contributed by atoms with Crippen molar-refractivity contribution in [2.75, 3.05) is 11.9 Å². The second kappa shape index (κ2) is 6.93. The fourth-order valence-electron chi connectivity index (χ4n) is 2.67. The van der Waals surface area contributed by atoms with Gasteiger partial charge in [0.1, 0.15) is 5.15 Å². The molecule has 0 spiro atoms. The molecule has 5 heteroatoms. The Morgan fingerprint density at radius 2 is 2.35 bits per heavy atom. The quantitative estimate of drug-likeness (QED) is 0.681. The van der Waals surface area contributed by atoms with Crippen molar-refractivity contribution in [2.45, 2.75) is 45.6 Å². The number of carbonyl (C=O) groups excluding carboxylic acids is 1. The summed E-state index contributed by atoms with van der Waals surface area (Å²) < 4.78 is 5.12. The first kappa shape index (κ1) is 15.1. The Hall–Kier alpha value is -1.29. The molecule has 1 N–H and O–H groups in total. The fraction of sp³-hybridized carbons (Fsp3) is 0.600. The Morgan fingerprint density at radius 3 is 3.05 bits per heavy atom. The van der Waals surface area contributed by atoms with E-state index in [0.717, 1.165) is 36.9 Å². The average Bonchev–Trinajstić information content (AvgIpc) is 2.43. The highest BCUT2D eigenvalue weighted by molar-refractivity contribution is 6.30. The standard InChI is InChI=1S/C15H21ClN2O2/c1-3-20-15(19)11-5-4-6-12(8-11)18-13-7-10(2)14(16)17-9-13/h7,9,11-12,18H,3-6,8H2,1-2H3. The fourth-order valence-corrected chi connectivity index (χ4v) is 2.77. The van der Waals surface area contributed by atoms with Gasteiger partial charge in [-0.25, -0.2) is 4.98 Å². The van der Waals surface area contributed by atoms with Gasteiger partial charge in [-0.3, -0.25) is 4.79 Å². The van der Waals surface area contributed by atoms with Crippen LogP contribution in [0.4, 0.5) is 5.69 Å². The summed E-state index contributed by atoms with van der Waals surface area (Å²) in [5.41, 5.74) is 1.91. The van der Waals surface area contributed by atoms with Crippen molar-refractivity contribution in [1.82, 2.24) is 4.98 Å². The van der Waals surface area contributed by atoms with E-state index < -0.39 is 0 Å². The summed E-state index contributed by atoms with van der Waals surface area (Å²) in [6.45, 7) is 4.23. The Bertz CT molecular complexity index is 479. The van der Waals surface area contributed by atoms with Gasteiger partial charge in [-0.05, 0) is 44.7 Å². The third kappa shape index (κ3) is 3.85. The van der Waals surface area contributed by atoms with Crippen LogP contribution in [0.3, 0.4) is 0 Å². The lowest BCUT2D eigenvalue weighted by Crippen LogP contribution is -2.32. The smallest absolute Gasteiger partial charge is 0.308 e. The molecule has 0 saturated heterocycles. The van der Waals surface area contributed by atoms with Crippen LogP contribution in [0.1, 0.15) is 38.2 Å². The molecule has 2 rings (SSSR count). The van der Waals surface area contributed by atoms with Gasteiger partial charge >= 0.3 is 5.97 Å². The lowest BCUT2D eigenvalue weighted by atomic mass is 9.85. The minimum Gasteiger partial charge on any atom is -0.466 e. The topological polar surface area (TPSA) is 51.2 Å². The second-order valence-electron chi connectivity index (χ2n) is 5.29. The normalized spacial score (nSPS) is 22.4. The lowest BCUT2D eigenvalue weighted by molar-refractivity contribution is -0.149. The summed E-state index contributed by atoms with van der Waals surface area (Å²) in [6, 6.07) is 2.28. The number of nitrogens with one attached hydrogen (secondary N) is 1. The van der Waals surface area contributed by atoms with Gasteiger partial charge in [-0.15, -0.1) is 0 Å². The van der Waals surface area contributed by atoms with E-state index in [4.69, 9.17) is 16.3 Å². The van der Waals surface area contributed by atoms with Gasteiger partial charge in [0.25, 0.3) is 0 Å². The molecule has 0 aromatic carbocycles. The first-order valence-corrected chi connectivity index (χ1v) is 7.53. The number of anilines is 1. The number of aryl methyl sites for hydroxylation is 1. The first-order chi connectivity index (χ1) is 9.60. The van der Waals surface area contributed by atoms with Gasteiger partial charge in [0, 0.05) is 6.04 Å². The van der Waals surface area contributed by atoms with Crippen molar-refractivity contribution < 1.29 is 9.53 Å². The Labute approximate surface area is 124 Å². The molecule has 0 bridgehead atoms. The first-order valence-electron chi connectivity index (χ1n) is 7.15. The van der Waals surface area contributed by atoms with Crippen LogP contribution in [0.15, 0.2) is 12.3 Å². The number of aromatic nitrogens is 1. The molecular weight excluding hydrogens is 276 g/mol. The predicted octanol–water partition coefficient (Wildman–Crippen LogP) is 3.58. The Morgan fingerprint density at radius 1 is 1.55 bits per heavy atom. The second-order valence-corrected chi connectivity index (χ2v) is 5.65. The third-order valence-electron chi connectivity index (χ3n) is 3.68. The van der Waals surface area contributed by atoms with Crippen LogP contribution in [0.5, 0.6) is 0 Å². The summed E-state index contributed by atoms with van der Waals surface area (Å²) in [4.78, 5) is 16.0. The van der Waals surface area contributed by atoms with Crippen molar-refractivity contribution in [3.63, 3.8) is 0 Å². The van der Waals surface area contributed by atoms with Crippen molar-refractivity contribution in [3.05, 3.63) is 23.0 Å². The largest absolute Gasteiger partial charge is 0.466 e. The van der Waals surface area contributed by atoms with Crippen LogP contribution in [0.2, 0.25) is 5.15 Å². The molecule has 0 amide bonds. The average molecular weight is 297 g/mol. The maximum Gasteiger partial charge on any atom is 0.308 e. The molecular formula is C15H21ClN2O2. The number of ether oxygens (including phenoxy) is 1. The van der Waals surface area contributed by atoms with E-state index in [0.29, 0.717) is 17.8 Å². The van der Waals surface area contributed by atoms with E-state index in [2.05, 4.69) is 10.3 Å². The van der Waals surface area contributed by atoms with Crippen LogP contribution in [-0.2, 0) is 9.53 Å². The van der Waals surface area contributed by atoms with Gasteiger partial charge in [0.05, 0.1) is 24.4 Å². The highest BCUT2D eigenvalue weighted by atomic mass is 35.5. The molecule has 1 heterocycles. The van der Waals surface area contributed by atoms with Crippen LogP contribution in [0, 0.1) is 12.8 Å². The number of halogens is 1. The van der Waals surface area contributed by atoms with Crippen LogP contribution >= 0.6 is 11.6 Å². The number of rotatable bonds is 4. The molecule has 1 aliphatic rings. The summed E-state index contributed by atoms with van der Waals surface area (Å²) in [7, 11) is 0. The zero-order valence-corrected chi connectivity index (χ0v) is 12.7. The molecule has 4 nitrogen and oxygen atoms in total. The highest BCUT2D eigenvalue weighted by Crippen LogP contribution is 2.28. The van der Waals surface area contributed by atoms with Gasteiger partial charge < -0.3 is 10.1 Å². The predicted molar refractivity (Wildman–Crippen MR) is 80.0 cm³/mol. The lowest BCUT2D eigenvalue weighted by Gasteiger charge is -2.29. The van der Waals surface area contributed by atoms with E-state index in [1.807, 2.05) is 19.9 Å². The van der Waals surface area contributed by atoms with Gasteiger partial charge in [-0.2, -0.15) is 0 Å². The molecule has 1 fully saturated rings. The zero-order valence-electron chi connectivity index (χ0n) is 12.0. The molecule has 2 atom stereocenters. The van der Waals surface area contributed by atoms with E-state index >= 15 is 0 Å². The molecule has 0 aliphatic heterocycles. The number of carbonyl (C=O) groups is 1. The molecule has 2 unspecified atom stereocenters. The molecule has 0 radical (unpaired) electrons. The third-order valence-corrected chi connectivity index (χ3v) is 4.07. The number of pyridine rings is 1. The SMILES string of the molecule is CCOC(=O)C1CCCC(Nc2cnc(Cl)c(C)c2)C1. The Balaban J connectivity index is 1.95. The van der Waals surface area contributed by atoms with Crippen LogP contribution in [-0.4, -0.2) is 23.6 Å². The van der Waals surface area contributed by atoms with Crippen LogP contribution in [0.25, 0.3) is 0 Å². The monoisotopic (exact) mass is 296 g/mol. The zero-order chi connectivity index (χ0) is 14.5. The molecule has 110 valence electrons. The number of nitrogens with zero attached hydrogens (tertiary/aromatic N) is 1. The van der Waals surface area contributed by atoms with Crippen molar-refractivity contribution in [1.29, 1.82) is 0 Å².